The van der Waals surface area contributed by atoms with Gasteiger partial charge >= 0.3 is 0 Å². The molecule has 0 saturated carbocycles. The standard InChI is InChI=1S/C14H19ClN2OS/c1-9(2)12-6-10(7-13(15)17-12)14(18)16-8-11-4-3-5-19-11/h6-7,9,11H,3-5,8H2,1-2H3,(H,16,18). The van der Waals surface area contributed by atoms with Crippen molar-refractivity contribution in [2.45, 2.75) is 37.9 Å². The molecule has 1 unspecified atom stereocenters. The van der Waals surface area contributed by atoms with E-state index >= 15 is 0 Å². The number of amides is 1. The fraction of sp³-hybridized carbons (Fsp3) is 0.571. The highest BCUT2D eigenvalue weighted by atomic mass is 35.5. The lowest BCUT2D eigenvalue weighted by atomic mass is 10.1. The molecule has 1 N–H and O–H groups in total. The summed E-state index contributed by atoms with van der Waals surface area (Å²) in [6.07, 6.45) is 2.45. The molecule has 1 aromatic heterocycles. The number of rotatable bonds is 4. The first kappa shape index (κ1) is 14.7. The van der Waals surface area contributed by atoms with Crippen molar-refractivity contribution >= 4 is 29.3 Å². The molecule has 0 radical (unpaired) electrons. The number of hydrogen-bond acceptors (Lipinski definition) is 3. The van der Waals surface area contributed by atoms with Gasteiger partial charge in [-0.1, -0.05) is 25.4 Å². The second-order valence-electron chi connectivity index (χ2n) is 5.10. The molecule has 0 aromatic carbocycles. The second-order valence-corrected chi connectivity index (χ2v) is 6.90. The van der Waals surface area contributed by atoms with E-state index in [2.05, 4.69) is 10.3 Å². The van der Waals surface area contributed by atoms with Crippen molar-refractivity contribution in [3.05, 3.63) is 28.5 Å². The van der Waals surface area contributed by atoms with E-state index in [9.17, 15) is 4.79 Å². The highest BCUT2D eigenvalue weighted by molar-refractivity contribution is 8.00. The van der Waals surface area contributed by atoms with Gasteiger partial charge in [-0.25, -0.2) is 4.98 Å². The summed E-state index contributed by atoms with van der Waals surface area (Å²) in [4.78, 5) is 16.4. The van der Waals surface area contributed by atoms with Crippen LogP contribution in [0.3, 0.4) is 0 Å². The number of aromatic nitrogens is 1. The molecule has 0 spiro atoms. The van der Waals surface area contributed by atoms with Crippen molar-refractivity contribution in [1.29, 1.82) is 0 Å². The van der Waals surface area contributed by atoms with Crippen LogP contribution < -0.4 is 5.32 Å². The summed E-state index contributed by atoms with van der Waals surface area (Å²) in [5, 5.41) is 3.93. The highest BCUT2D eigenvalue weighted by Gasteiger charge is 2.17. The average Bonchev–Trinajstić information content (AvgIpc) is 2.88. The van der Waals surface area contributed by atoms with Gasteiger partial charge in [0.1, 0.15) is 5.15 Å². The van der Waals surface area contributed by atoms with Crippen molar-refractivity contribution < 1.29 is 4.79 Å². The molecule has 1 amide bonds. The molecule has 104 valence electrons. The van der Waals surface area contributed by atoms with Gasteiger partial charge in [-0.3, -0.25) is 4.79 Å². The largest absolute Gasteiger partial charge is 0.351 e. The first-order valence-corrected chi connectivity index (χ1v) is 8.06. The Bertz CT molecular complexity index is 459. The minimum Gasteiger partial charge on any atom is -0.351 e. The van der Waals surface area contributed by atoms with Crippen LogP contribution in [0.1, 0.15) is 48.7 Å². The first-order valence-electron chi connectivity index (χ1n) is 6.63. The molecule has 1 atom stereocenters. The Morgan fingerprint density at radius 2 is 2.37 bits per heavy atom. The first-order chi connectivity index (χ1) is 9.06. The molecule has 1 aliphatic rings. The van der Waals surface area contributed by atoms with Gasteiger partial charge in [0.2, 0.25) is 0 Å². The molecule has 2 heterocycles. The number of carbonyl (C=O) groups excluding carboxylic acids is 1. The third kappa shape index (κ3) is 4.11. The van der Waals surface area contributed by atoms with E-state index in [0.29, 0.717) is 16.0 Å². The van der Waals surface area contributed by atoms with Crippen molar-refractivity contribution in [1.82, 2.24) is 10.3 Å². The Morgan fingerprint density at radius 3 is 3.00 bits per heavy atom. The molecule has 1 aliphatic heterocycles. The Morgan fingerprint density at radius 1 is 1.58 bits per heavy atom. The van der Waals surface area contributed by atoms with Gasteiger partial charge in [0.15, 0.2) is 0 Å². The maximum Gasteiger partial charge on any atom is 0.251 e. The van der Waals surface area contributed by atoms with Crippen LogP contribution in [0, 0.1) is 0 Å². The fourth-order valence-corrected chi connectivity index (χ4v) is 3.47. The molecule has 2 rings (SSSR count). The summed E-state index contributed by atoms with van der Waals surface area (Å²) in [7, 11) is 0. The smallest absolute Gasteiger partial charge is 0.251 e. The van der Waals surface area contributed by atoms with E-state index in [4.69, 9.17) is 11.6 Å². The highest BCUT2D eigenvalue weighted by Crippen LogP contribution is 2.25. The van der Waals surface area contributed by atoms with Gasteiger partial charge in [0, 0.05) is 23.1 Å². The molecular formula is C14H19ClN2OS. The molecule has 0 aliphatic carbocycles. The zero-order valence-corrected chi connectivity index (χ0v) is 12.9. The van der Waals surface area contributed by atoms with Gasteiger partial charge in [-0.15, -0.1) is 0 Å². The van der Waals surface area contributed by atoms with E-state index in [0.717, 1.165) is 12.2 Å². The van der Waals surface area contributed by atoms with E-state index < -0.39 is 0 Å². The number of nitrogens with one attached hydrogen (secondary N) is 1. The second kappa shape index (κ2) is 6.62. The summed E-state index contributed by atoms with van der Waals surface area (Å²) in [6, 6.07) is 3.46. The molecule has 1 fully saturated rings. The summed E-state index contributed by atoms with van der Waals surface area (Å²) in [5.41, 5.74) is 1.46. The van der Waals surface area contributed by atoms with E-state index in [1.165, 1.54) is 18.6 Å². The third-order valence-electron chi connectivity index (χ3n) is 3.18. The van der Waals surface area contributed by atoms with E-state index in [1.54, 1.807) is 6.07 Å². The molecule has 0 bridgehead atoms. The van der Waals surface area contributed by atoms with E-state index in [1.807, 2.05) is 31.7 Å². The van der Waals surface area contributed by atoms with Gasteiger partial charge in [-0.2, -0.15) is 11.8 Å². The number of carbonyl (C=O) groups is 1. The van der Waals surface area contributed by atoms with Crippen LogP contribution in [0.15, 0.2) is 12.1 Å². The molecule has 3 nitrogen and oxygen atoms in total. The number of thioether (sulfide) groups is 1. The molecule has 1 aromatic rings. The molecular weight excluding hydrogens is 280 g/mol. The summed E-state index contributed by atoms with van der Waals surface area (Å²) >= 11 is 7.91. The lowest BCUT2D eigenvalue weighted by Crippen LogP contribution is -2.29. The number of pyridine rings is 1. The predicted octanol–water partition coefficient (Wildman–Crippen LogP) is 3.48. The fourth-order valence-electron chi connectivity index (χ4n) is 2.06. The van der Waals surface area contributed by atoms with Gasteiger partial charge in [0.25, 0.3) is 5.91 Å². The Labute approximate surface area is 123 Å². The number of hydrogen-bond donors (Lipinski definition) is 1. The topological polar surface area (TPSA) is 42.0 Å². The SMILES string of the molecule is CC(C)c1cc(C(=O)NCC2CCCS2)cc(Cl)n1. The van der Waals surface area contributed by atoms with E-state index in [-0.39, 0.29) is 11.8 Å². The van der Waals surface area contributed by atoms with Crippen molar-refractivity contribution in [2.24, 2.45) is 0 Å². The minimum atomic E-state index is -0.0568. The predicted molar refractivity (Wildman–Crippen MR) is 81.1 cm³/mol. The quantitative estimate of drug-likeness (QED) is 0.865. The normalized spacial score (nSPS) is 18.8. The zero-order chi connectivity index (χ0) is 13.8. The summed E-state index contributed by atoms with van der Waals surface area (Å²) in [5.74, 6) is 1.41. The molecule has 1 saturated heterocycles. The Kier molecular flexibility index (Phi) is 5.11. The average molecular weight is 299 g/mol. The Hall–Kier alpha value is -0.740. The lowest BCUT2D eigenvalue weighted by Gasteiger charge is -2.12. The van der Waals surface area contributed by atoms with Crippen LogP contribution in [0.4, 0.5) is 0 Å². The molecule has 5 heteroatoms. The molecule has 19 heavy (non-hydrogen) atoms. The number of halogens is 1. The zero-order valence-electron chi connectivity index (χ0n) is 11.3. The van der Waals surface area contributed by atoms with Crippen LogP contribution in [0.5, 0.6) is 0 Å². The Balaban J connectivity index is 2.01. The monoisotopic (exact) mass is 298 g/mol. The van der Waals surface area contributed by atoms with Crippen LogP contribution in [0.25, 0.3) is 0 Å². The van der Waals surface area contributed by atoms with Crippen LogP contribution in [-0.4, -0.2) is 28.4 Å². The van der Waals surface area contributed by atoms with Crippen LogP contribution >= 0.6 is 23.4 Å². The van der Waals surface area contributed by atoms with Crippen molar-refractivity contribution in [3.8, 4) is 0 Å². The third-order valence-corrected chi connectivity index (χ3v) is 4.77. The maximum absolute atomic E-state index is 12.1. The van der Waals surface area contributed by atoms with Crippen molar-refractivity contribution in [3.63, 3.8) is 0 Å². The number of nitrogens with zero attached hydrogens (tertiary/aromatic N) is 1. The van der Waals surface area contributed by atoms with Gasteiger partial charge < -0.3 is 5.32 Å². The minimum absolute atomic E-state index is 0.0568. The summed E-state index contributed by atoms with van der Waals surface area (Å²) in [6.45, 7) is 4.81. The maximum atomic E-state index is 12.1. The lowest BCUT2D eigenvalue weighted by molar-refractivity contribution is 0.0953. The van der Waals surface area contributed by atoms with Crippen molar-refractivity contribution in [2.75, 3.05) is 12.3 Å². The van der Waals surface area contributed by atoms with Gasteiger partial charge in [-0.05, 0) is 36.6 Å². The summed E-state index contributed by atoms with van der Waals surface area (Å²) < 4.78 is 0. The van der Waals surface area contributed by atoms with Crippen LogP contribution in [0.2, 0.25) is 5.15 Å². The van der Waals surface area contributed by atoms with Crippen LogP contribution in [-0.2, 0) is 0 Å². The van der Waals surface area contributed by atoms with Gasteiger partial charge in [0.05, 0.1) is 0 Å².